The molecule has 1 saturated heterocycles. The molecule has 0 radical (unpaired) electrons. The van der Waals surface area contributed by atoms with Crippen molar-refractivity contribution in [1.29, 1.82) is 0 Å². The lowest BCUT2D eigenvalue weighted by atomic mass is 10.0. The molecule has 1 heterocycles. The van der Waals surface area contributed by atoms with Crippen LogP contribution >= 0.6 is 0 Å². The van der Waals surface area contributed by atoms with E-state index in [4.69, 9.17) is 15.1 Å². The van der Waals surface area contributed by atoms with Crippen molar-refractivity contribution in [3.63, 3.8) is 0 Å². The summed E-state index contributed by atoms with van der Waals surface area (Å²) >= 11 is 0. The highest BCUT2D eigenvalue weighted by Crippen LogP contribution is 2.29. The van der Waals surface area contributed by atoms with E-state index in [-0.39, 0.29) is 12.7 Å². The van der Waals surface area contributed by atoms with E-state index in [2.05, 4.69) is 4.89 Å². The van der Waals surface area contributed by atoms with Crippen LogP contribution in [0, 0.1) is 0 Å². The number of aliphatic hydroxyl groups is 1. The Morgan fingerprint density at radius 1 is 1.89 bits per heavy atom. The second-order valence-corrected chi connectivity index (χ2v) is 2.35. The highest BCUT2D eigenvalue weighted by molar-refractivity contribution is 4.80. The molecule has 1 aliphatic rings. The zero-order valence-electron chi connectivity index (χ0n) is 5.20. The average Bonchev–Trinajstić information content (AvgIpc) is 1.62. The van der Waals surface area contributed by atoms with Crippen LogP contribution < -0.4 is 0 Å². The van der Waals surface area contributed by atoms with Gasteiger partial charge in [0, 0.05) is 6.42 Å². The van der Waals surface area contributed by atoms with E-state index < -0.39 is 5.79 Å². The van der Waals surface area contributed by atoms with Gasteiger partial charge in [0.2, 0.25) is 0 Å². The number of ether oxygens (including phenoxy) is 1. The molecule has 0 aromatic rings. The molecule has 0 aromatic carbocycles. The van der Waals surface area contributed by atoms with Crippen LogP contribution in [0.5, 0.6) is 0 Å². The van der Waals surface area contributed by atoms with E-state index in [0.717, 1.165) is 0 Å². The van der Waals surface area contributed by atoms with Gasteiger partial charge in [0.15, 0.2) is 5.79 Å². The molecule has 1 fully saturated rings. The lowest BCUT2D eigenvalue weighted by Gasteiger charge is -2.40. The third-order valence-electron chi connectivity index (χ3n) is 1.32. The van der Waals surface area contributed by atoms with Crippen LogP contribution in [0.25, 0.3) is 0 Å². The summed E-state index contributed by atoms with van der Waals surface area (Å²) in [5.41, 5.74) is 0. The van der Waals surface area contributed by atoms with E-state index in [1.54, 1.807) is 0 Å². The molecule has 1 rings (SSSR count). The maximum absolute atomic E-state index is 9.07. The molecule has 9 heavy (non-hydrogen) atoms. The molecule has 0 amide bonds. The fourth-order valence-corrected chi connectivity index (χ4v) is 1.01. The van der Waals surface area contributed by atoms with E-state index in [9.17, 15) is 0 Å². The van der Waals surface area contributed by atoms with Gasteiger partial charge in [-0.2, -0.15) is 0 Å². The molecule has 2 N–H and O–H groups in total. The minimum Gasteiger partial charge on any atom is -0.363 e. The smallest absolute Gasteiger partial charge is 0.195 e. The first-order valence-electron chi connectivity index (χ1n) is 2.83. The van der Waals surface area contributed by atoms with Crippen LogP contribution in [-0.4, -0.2) is 28.9 Å². The summed E-state index contributed by atoms with van der Waals surface area (Å²) in [5.74, 6) is -1.23. The Bertz CT molecular complexity index is 91.6. The molecule has 2 atom stereocenters. The van der Waals surface area contributed by atoms with Crippen molar-refractivity contribution in [2.75, 3.05) is 6.61 Å². The van der Waals surface area contributed by atoms with Crippen LogP contribution in [0.15, 0.2) is 0 Å². The Kier molecular flexibility index (Phi) is 1.72. The van der Waals surface area contributed by atoms with Gasteiger partial charge in [0.25, 0.3) is 0 Å². The molecule has 2 unspecified atom stereocenters. The van der Waals surface area contributed by atoms with Crippen molar-refractivity contribution < 1.29 is 20.0 Å². The van der Waals surface area contributed by atoms with Crippen molar-refractivity contribution in [3.05, 3.63) is 0 Å². The average molecular weight is 134 g/mol. The van der Waals surface area contributed by atoms with Gasteiger partial charge in [-0.25, -0.2) is 4.89 Å². The van der Waals surface area contributed by atoms with E-state index in [1.807, 2.05) is 6.92 Å². The SMILES string of the molecule is CC1CC(O)(COO)O1. The lowest BCUT2D eigenvalue weighted by molar-refractivity contribution is -0.379. The van der Waals surface area contributed by atoms with Crippen molar-refractivity contribution in [1.82, 2.24) is 0 Å². The molecule has 0 aliphatic carbocycles. The highest BCUT2D eigenvalue weighted by Gasteiger charge is 2.42. The fraction of sp³-hybridized carbons (Fsp3) is 1.00. The number of hydrogen-bond donors (Lipinski definition) is 2. The third kappa shape index (κ3) is 1.40. The summed E-state index contributed by atoms with van der Waals surface area (Å²) < 4.78 is 4.84. The molecular weight excluding hydrogens is 124 g/mol. The van der Waals surface area contributed by atoms with E-state index in [1.165, 1.54) is 0 Å². The minimum atomic E-state index is -1.23. The monoisotopic (exact) mass is 134 g/mol. The maximum atomic E-state index is 9.07. The van der Waals surface area contributed by atoms with Crippen LogP contribution in [0.1, 0.15) is 13.3 Å². The second-order valence-electron chi connectivity index (χ2n) is 2.35. The van der Waals surface area contributed by atoms with Gasteiger partial charge >= 0.3 is 0 Å². The summed E-state index contributed by atoms with van der Waals surface area (Å²) in [6.07, 6.45) is 0.596. The van der Waals surface area contributed by atoms with Gasteiger partial charge in [-0.15, -0.1) is 0 Å². The van der Waals surface area contributed by atoms with Gasteiger partial charge in [-0.05, 0) is 6.92 Å². The first-order valence-corrected chi connectivity index (χ1v) is 2.83. The predicted molar refractivity (Wildman–Crippen MR) is 28.7 cm³/mol. The van der Waals surface area contributed by atoms with Crippen molar-refractivity contribution in [2.45, 2.75) is 25.2 Å². The Balaban J connectivity index is 2.23. The van der Waals surface area contributed by atoms with Crippen molar-refractivity contribution in [2.24, 2.45) is 0 Å². The maximum Gasteiger partial charge on any atom is 0.195 e. The zero-order valence-corrected chi connectivity index (χ0v) is 5.20. The molecular formula is C5H10O4. The van der Waals surface area contributed by atoms with Gasteiger partial charge in [0.1, 0.15) is 6.61 Å². The molecule has 0 aromatic heterocycles. The van der Waals surface area contributed by atoms with Crippen molar-refractivity contribution >= 4 is 0 Å². The first-order chi connectivity index (χ1) is 4.16. The molecule has 0 saturated carbocycles. The minimum absolute atomic E-state index is 0.0742. The van der Waals surface area contributed by atoms with Gasteiger partial charge in [0.05, 0.1) is 6.10 Å². The van der Waals surface area contributed by atoms with Gasteiger partial charge in [-0.1, -0.05) is 0 Å². The van der Waals surface area contributed by atoms with E-state index in [0.29, 0.717) is 6.42 Å². The Morgan fingerprint density at radius 2 is 2.44 bits per heavy atom. The van der Waals surface area contributed by atoms with Crippen molar-refractivity contribution in [3.8, 4) is 0 Å². The lowest BCUT2D eigenvalue weighted by Crippen LogP contribution is -2.52. The molecule has 54 valence electrons. The normalized spacial score (nSPS) is 42.3. The summed E-state index contributed by atoms with van der Waals surface area (Å²) in [7, 11) is 0. The summed E-state index contributed by atoms with van der Waals surface area (Å²) in [6.45, 7) is 1.67. The Labute approximate surface area is 52.9 Å². The molecule has 0 bridgehead atoms. The number of hydrogen-bond acceptors (Lipinski definition) is 4. The first kappa shape index (κ1) is 6.95. The largest absolute Gasteiger partial charge is 0.363 e. The standard InChI is InChI=1S/C5H10O4/c1-4-2-5(6,9-4)3-8-7/h4,6-7H,2-3H2,1H3. The highest BCUT2D eigenvalue weighted by atomic mass is 17.1. The molecule has 4 heteroatoms. The summed E-state index contributed by atoms with van der Waals surface area (Å²) in [6, 6.07) is 0. The van der Waals surface area contributed by atoms with Gasteiger partial charge in [-0.3, -0.25) is 5.26 Å². The Hall–Kier alpha value is -0.160. The second kappa shape index (κ2) is 2.22. The number of rotatable bonds is 2. The van der Waals surface area contributed by atoms with Gasteiger partial charge < -0.3 is 9.84 Å². The topological polar surface area (TPSA) is 58.9 Å². The van der Waals surface area contributed by atoms with E-state index >= 15 is 0 Å². The van der Waals surface area contributed by atoms with Crippen LogP contribution in [0.3, 0.4) is 0 Å². The Morgan fingerprint density at radius 3 is 2.78 bits per heavy atom. The van der Waals surface area contributed by atoms with Crippen LogP contribution in [0.2, 0.25) is 0 Å². The molecule has 1 aliphatic heterocycles. The van der Waals surface area contributed by atoms with Crippen LogP contribution in [0.4, 0.5) is 0 Å². The molecule has 0 spiro atoms. The summed E-state index contributed by atoms with van der Waals surface area (Å²) in [4.78, 5) is 3.72. The zero-order chi connectivity index (χ0) is 6.91. The summed E-state index contributed by atoms with van der Waals surface area (Å²) in [5, 5.41) is 17.0. The fourth-order valence-electron chi connectivity index (χ4n) is 1.01. The van der Waals surface area contributed by atoms with Crippen LogP contribution in [-0.2, 0) is 9.62 Å². The predicted octanol–water partition coefficient (Wildman–Crippen LogP) is -0.0266. The third-order valence-corrected chi connectivity index (χ3v) is 1.32. The molecule has 4 nitrogen and oxygen atoms in total. The quantitative estimate of drug-likeness (QED) is 0.411.